The summed E-state index contributed by atoms with van der Waals surface area (Å²) in [4.78, 5) is 0. The van der Waals surface area contributed by atoms with Crippen LogP contribution >= 0.6 is 11.6 Å². The van der Waals surface area contributed by atoms with Gasteiger partial charge in [-0.15, -0.1) is 5.10 Å². The smallest absolute Gasteiger partial charge is 0.241 e. The van der Waals surface area contributed by atoms with E-state index >= 15 is 0 Å². The monoisotopic (exact) mass is 247 g/mol. The maximum atomic E-state index is 8.62. The highest BCUT2D eigenvalue weighted by molar-refractivity contribution is 6.30. The zero-order chi connectivity index (χ0) is 12.3. The van der Waals surface area contributed by atoms with Gasteiger partial charge in [-0.05, 0) is 25.1 Å². The molecule has 0 amide bonds. The molecular formula is C12H10ClN3O. The number of hydrogen-bond donors (Lipinski definition) is 1. The fourth-order valence-corrected chi connectivity index (χ4v) is 1.59. The van der Waals surface area contributed by atoms with Crippen LogP contribution in [0.3, 0.4) is 0 Å². The number of aromatic amines is 1. The van der Waals surface area contributed by atoms with Crippen molar-refractivity contribution in [3.63, 3.8) is 0 Å². The van der Waals surface area contributed by atoms with Crippen molar-refractivity contribution in [1.29, 1.82) is 5.26 Å². The summed E-state index contributed by atoms with van der Waals surface area (Å²) in [6.45, 7) is 1.86. The molecule has 0 unspecified atom stereocenters. The number of rotatable bonds is 3. The zero-order valence-electron chi connectivity index (χ0n) is 9.20. The third-order valence-corrected chi connectivity index (χ3v) is 2.57. The van der Waals surface area contributed by atoms with Crippen molar-refractivity contribution in [2.24, 2.45) is 0 Å². The largest absolute Gasteiger partial charge is 0.437 e. The van der Waals surface area contributed by atoms with Crippen LogP contribution in [0, 0.1) is 18.3 Å². The maximum absolute atomic E-state index is 8.62. The van der Waals surface area contributed by atoms with Crippen molar-refractivity contribution in [1.82, 2.24) is 10.2 Å². The Hall–Kier alpha value is -1.99. The van der Waals surface area contributed by atoms with E-state index in [2.05, 4.69) is 16.3 Å². The first-order chi connectivity index (χ1) is 8.20. The predicted molar refractivity (Wildman–Crippen MR) is 64.2 cm³/mol. The molecule has 0 bridgehead atoms. The first kappa shape index (κ1) is 11.5. The SMILES string of the molecule is Cc1c(Oc2cccc(Cl)c2)n[nH]c1CC#N. The van der Waals surface area contributed by atoms with Crippen LogP contribution < -0.4 is 4.74 Å². The molecule has 1 aromatic heterocycles. The molecule has 0 atom stereocenters. The van der Waals surface area contributed by atoms with Crippen molar-refractivity contribution in [3.8, 4) is 17.7 Å². The highest BCUT2D eigenvalue weighted by Crippen LogP contribution is 2.26. The fourth-order valence-electron chi connectivity index (χ4n) is 1.41. The van der Waals surface area contributed by atoms with Gasteiger partial charge in [-0.3, -0.25) is 5.10 Å². The Morgan fingerprint density at radius 3 is 3.06 bits per heavy atom. The molecule has 0 saturated heterocycles. The molecule has 2 aromatic rings. The fraction of sp³-hybridized carbons (Fsp3) is 0.167. The molecule has 1 aromatic carbocycles. The molecule has 17 heavy (non-hydrogen) atoms. The Morgan fingerprint density at radius 2 is 2.35 bits per heavy atom. The summed E-state index contributed by atoms with van der Waals surface area (Å²) in [5.74, 6) is 1.09. The van der Waals surface area contributed by atoms with Crippen LogP contribution in [0.5, 0.6) is 11.6 Å². The lowest BCUT2D eigenvalue weighted by Crippen LogP contribution is -1.87. The van der Waals surface area contributed by atoms with Crippen molar-refractivity contribution in [2.45, 2.75) is 13.3 Å². The van der Waals surface area contributed by atoms with Gasteiger partial charge in [0.1, 0.15) is 5.75 Å². The predicted octanol–water partition coefficient (Wildman–Crippen LogP) is 3.23. The molecule has 0 spiro atoms. The van der Waals surface area contributed by atoms with Gasteiger partial charge in [0.25, 0.3) is 0 Å². The van der Waals surface area contributed by atoms with E-state index in [-0.39, 0.29) is 6.42 Å². The molecule has 86 valence electrons. The Balaban J connectivity index is 2.22. The van der Waals surface area contributed by atoms with Crippen molar-refractivity contribution in [2.75, 3.05) is 0 Å². The number of hydrogen-bond acceptors (Lipinski definition) is 3. The Kier molecular flexibility index (Phi) is 3.31. The van der Waals surface area contributed by atoms with Crippen molar-refractivity contribution in [3.05, 3.63) is 40.5 Å². The highest BCUT2D eigenvalue weighted by atomic mass is 35.5. The number of nitriles is 1. The van der Waals surface area contributed by atoms with E-state index in [1.807, 2.05) is 6.92 Å². The number of aromatic nitrogens is 2. The normalized spacial score (nSPS) is 9.94. The number of H-pyrrole nitrogens is 1. The number of ether oxygens (including phenoxy) is 1. The first-order valence-electron chi connectivity index (χ1n) is 5.05. The van der Waals surface area contributed by atoms with Crippen LogP contribution in [0.25, 0.3) is 0 Å². The molecular weight excluding hydrogens is 238 g/mol. The Morgan fingerprint density at radius 1 is 1.53 bits per heavy atom. The molecule has 0 aliphatic heterocycles. The van der Waals surface area contributed by atoms with Crippen LogP contribution in [0.15, 0.2) is 24.3 Å². The highest BCUT2D eigenvalue weighted by Gasteiger charge is 2.10. The van der Waals surface area contributed by atoms with Gasteiger partial charge in [-0.1, -0.05) is 17.7 Å². The molecule has 0 aliphatic carbocycles. The second-order valence-corrected chi connectivity index (χ2v) is 3.96. The van der Waals surface area contributed by atoms with Gasteiger partial charge >= 0.3 is 0 Å². The standard InChI is InChI=1S/C12H10ClN3O/c1-8-11(5-6-14)15-16-12(8)17-10-4-2-3-9(13)7-10/h2-4,7H,5H2,1H3,(H,15,16). The van der Waals surface area contributed by atoms with E-state index in [1.54, 1.807) is 24.3 Å². The topological polar surface area (TPSA) is 61.7 Å². The molecule has 0 aliphatic rings. The van der Waals surface area contributed by atoms with Gasteiger partial charge < -0.3 is 4.74 Å². The molecule has 1 N–H and O–H groups in total. The summed E-state index contributed by atoms with van der Waals surface area (Å²) in [5.41, 5.74) is 1.61. The van der Waals surface area contributed by atoms with E-state index in [0.717, 1.165) is 11.3 Å². The quantitative estimate of drug-likeness (QED) is 0.906. The molecule has 0 saturated carbocycles. The lowest BCUT2D eigenvalue weighted by molar-refractivity contribution is 0.458. The third-order valence-electron chi connectivity index (χ3n) is 2.33. The van der Waals surface area contributed by atoms with E-state index in [1.165, 1.54) is 0 Å². The summed E-state index contributed by atoms with van der Waals surface area (Å²) >= 11 is 5.85. The zero-order valence-corrected chi connectivity index (χ0v) is 9.95. The van der Waals surface area contributed by atoms with Gasteiger partial charge in [0, 0.05) is 10.6 Å². The lowest BCUT2D eigenvalue weighted by atomic mass is 10.2. The summed E-state index contributed by atoms with van der Waals surface area (Å²) in [5, 5.41) is 16.0. The van der Waals surface area contributed by atoms with Crippen LogP contribution in [0.2, 0.25) is 5.02 Å². The molecule has 5 heteroatoms. The number of nitrogens with zero attached hydrogens (tertiary/aromatic N) is 2. The average molecular weight is 248 g/mol. The van der Waals surface area contributed by atoms with Crippen LogP contribution in [0.1, 0.15) is 11.3 Å². The van der Waals surface area contributed by atoms with Crippen LogP contribution in [0.4, 0.5) is 0 Å². The Bertz CT molecular complexity index is 571. The lowest BCUT2D eigenvalue weighted by Gasteiger charge is -2.03. The Labute approximate surface area is 104 Å². The molecule has 4 nitrogen and oxygen atoms in total. The summed E-state index contributed by atoms with van der Waals surface area (Å²) in [6.07, 6.45) is 0.289. The summed E-state index contributed by atoms with van der Waals surface area (Å²) in [6, 6.07) is 9.14. The van der Waals surface area contributed by atoms with Gasteiger partial charge in [0.15, 0.2) is 0 Å². The van der Waals surface area contributed by atoms with Crippen molar-refractivity contribution < 1.29 is 4.74 Å². The second-order valence-electron chi connectivity index (χ2n) is 3.53. The average Bonchev–Trinajstić information content (AvgIpc) is 2.62. The molecule has 1 heterocycles. The molecule has 2 rings (SSSR count). The molecule has 0 radical (unpaired) electrons. The maximum Gasteiger partial charge on any atom is 0.241 e. The van der Waals surface area contributed by atoms with Crippen LogP contribution in [-0.2, 0) is 6.42 Å². The van der Waals surface area contributed by atoms with E-state index in [9.17, 15) is 0 Å². The second kappa shape index (κ2) is 4.89. The summed E-state index contributed by atoms with van der Waals surface area (Å²) < 4.78 is 5.58. The van der Waals surface area contributed by atoms with E-state index in [4.69, 9.17) is 21.6 Å². The minimum Gasteiger partial charge on any atom is -0.437 e. The van der Waals surface area contributed by atoms with Gasteiger partial charge in [0.2, 0.25) is 5.88 Å². The third kappa shape index (κ3) is 2.58. The summed E-state index contributed by atoms with van der Waals surface area (Å²) in [7, 11) is 0. The minimum atomic E-state index is 0.289. The first-order valence-corrected chi connectivity index (χ1v) is 5.42. The number of halogens is 1. The van der Waals surface area contributed by atoms with E-state index < -0.39 is 0 Å². The van der Waals surface area contributed by atoms with Crippen LogP contribution in [-0.4, -0.2) is 10.2 Å². The van der Waals surface area contributed by atoms with Crippen molar-refractivity contribution >= 4 is 11.6 Å². The number of benzene rings is 1. The molecule has 0 fully saturated rings. The van der Waals surface area contributed by atoms with Gasteiger partial charge in [-0.25, -0.2) is 0 Å². The number of nitrogens with one attached hydrogen (secondary N) is 1. The minimum absolute atomic E-state index is 0.289. The van der Waals surface area contributed by atoms with E-state index in [0.29, 0.717) is 16.7 Å². The van der Waals surface area contributed by atoms with Gasteiger partial charge in [-0.2, -0.15) is 5.26 Å². The van der Waals surface area contributed by atoms with Gasteiger partial charge in [0.05, 0.1) is 18.2 Å².